The standard InChI is InChI=1S/C15H22F3N3O2.HI/c1-11(23-13-6-4-5-12(9-13)22-3)10-21-14(19-2)20-8-7-15(16,17)18;/h4-6,9,11H,7-8,10H2,1-3H3,(H2,19,20,21);1H. The van der Waals surface area contributed by atoms with E-state index in [-0.39, 0.29) is 36.6 Å². The van der Waals surface area contributed by atoms with E-state index in [0.717, 1.165) is 0 Å². The molecule has 1 rings (SSSR count). The number of guanidine groups is 1. The third kappa shape index (κ3) is 9.68. The van der Waals surface area contributed by atoms with Crippen LogP contribution in [0.1, 0.15) is 13.3 Å². The van der Waals surface area contributed by atoms with Gasteiger partial charge in [0, 0.05) is 19.7 Å². The molecule has 0 aliphatic heterocycles. The second kappa shape index (κ2) is 11.2. The SMILES string of the molecule is CN=C(NCCC(F)(F)F)NCC(C)Oc1cccc(OC)c1.I. The lowest BCUT2D eigenvalue weighted by Gasteiger charge is -2.18. The van der Waals surface area contributed by atoms with Gasteiger partial charge in [-0.2, -0.15) is 13.2 Å². The van der Waals surface area contributed by atoms with E-state index < -0.39 is 12.6 Å². The second-order valence-electron chi connectivity index (χ2n) is 4.85. The maximum absolute atomic E-state index is 12.1. The molecule has 0 amide bonds. The Morgan fingerprint density at radius 3 is 2.50 bits per heavy atom. The molecule has 0 aliphatic rings. The van der Waals surface area contributed by atoms with E-state index in [1.165, 1.54) is 7.05 Å². The Bertz CT molecular complexity index is 513. The first-order chi connectivity index (χ1) is 10.8. The lowest BCUT2D eigenvalue weighted by Crippen LogP contribution is -2.42. The van der Waals surface area contributed by atoms with Crippen LogP contribution in [0.5, 0.6) is 11.5 Å². The van der Waals surface area contributed by atoms with Crippen molar-refractivity contribution in [3.8, 4) is 11.5 Å². The average molecular weight is 461 g/mol. The highest BCUT2D eigenvalue weighted by atomic mass is 127. The number of rotatable bonds is 7. The van der Waals surface area contributed by atoms with E-state index in [1.54, 1.807) is 19.2 Å². The van der Waals surface area contributed by atoms with E-state index in [0.29, 0.717) is 24.0 Å². The van der Waals surface area contributed by atoms with Crippen molar-refractivity contribution in [3.63, 3.8) is 0 Å². The zero-order valence-electron chi connectivity index (χ0n) is 13.8. The van der Waals surface area contributed by atoms with Gasteiger partial charge in [0.25, 0.3) is 0 Å². The predicted molar refractivity (Wildman–Crippen MR) is 98.5 cm³/mol. The molecule has 0 aliphatic carbocycles. The highest BCUT2D eigenvalue weighted by Crippen LogP contribution is 2.20. The number of halogens is 4. The Labute approximate surface area is 157 Å². The van der Waals surface area contributed by atoms with Crippen molar-refractivity contribution in [1.82, 2.24) is 10.6 Å². The first-order valence-electron chi connectivity index (χ1n) is 7.16. The van der Waals surface area contributed by atoms with Crippen LogP contribution in [0.2, 0.25) is 0 Å². The van der Waals surface area contributed by atoms with Gasteiger partial charge in [-0.15, -0.1) is 24.0 Å². The molecule has 1 aromatic rings. The molecular weight excluding hydrogens is 438 g/mol. The monoisotopic (exact) mass is 461 g/mol. The molecule has 138 valence electrons. The minimum absolute atomic E-state index is 0. The van der Waals surface area contributed by atoms with Crippen molar-refractivity contribution in [2.24, 2.45) is 4.99 Å². The topological polar surface area (TPSA) is 54.9 Å². The summed E-state index contributed by atoms with van der Waals surface area (Å²) < 4.78 is 47.1. The Balaban J connectivity index is 0.00000529. The fraction of sp³-hybridized carbons (Fsp3) is 0.533. The molecule has 1 unspecified atom stereocenters. The highest BCUT2D eigenvalue weighted by molar-refractivity contribution is 14.0. The molecule has 0 saturated carbocycles. The van der Waals surface area contributed by atoms with Crippen LogP contribution in [0.3, 0.4) is 0 Å². The molecule has 0 radical (unpaired) electrons. The fourth-order valence-corrected chi connectivity index (χ4v) is 1.73. The summed E-state index contributed by atoms with van der Waals surface area (Å²) in [6.45, 7) is 2.01. The third-order valence-electron chi connectivity index (χ3n) is 2.86. The summed E-state index contributed by atoms with van der Waals surface area (Å²) in [6.07, 6.45) is -5.30. The zero-order chi connectivity index (χ0) is 17.3. The maximum atomic E-state index is 12.1. The first kappa shape index (κ1) is 22.6. The van der Waals surface area contributed by atoms with E-state index >= 15 is 0 Å². The quantitative estimate of drug-likeness (QED) is 0.372. The van der Waals surface area contributed by atoms with Gasteiger partial charge in [-0.1, -0.05) is 6.07 Å². The van der Waals surface area contributed by atoms with E-state index in [9.17, 15) is 13.2 Å². The van der Waals surface area contributed by atoms with Crippen LogP contribution in [-0.2, 0) is 0 Å². The van der Waals surface area contributed by atoms with Gasteiger partial charge in [0.15, 0.2) is 5.96 Å². The zero-order valence-corrected chi connectivity index (χ0v) is 16.1. The van der Waals surface area contributed by atoms with Crippen LogP contribution < -0.4 is 20.1 Å². The van der Waals surface area contributed by atoms with Crippen LogP contribution >= 0.6 is 24.0 Å². The number of ether oxygens (including phenoxy) is 2. The third-order valence-corrected chi connectivity index (χ3v) is 2.86. The normalized spacial score (nSPS) is 12.8. The summed E-state index contributed by atoms with van der Waals surface area (Å²) in [7, 11) is 3.07. The number of hydrogen-bond acceptors (Lipinski definition) is 3. The van der Waals surface area contributed by atoms with Gasteiger partial charge in [-0.05, 0) is 19.1 Å². The Morgan fingerprint density at radius 2 is 1.92 bits per heavy atom. The number of nitrogens with zero attached hydrogens (tertiary/aromatic N) is 1. The summed E-state index contributed by atoms with van der Waals surface area (Å²) in [6, 6.07) is 7.18. The summed E-state index contributed by atoms with van der Waals surface area (Å²) >= 11 is 0. The minimum atomic E-state index is -4.19. The number of benzene rings is 1. The van der Waals surface area contributed by atoms with Crippen molar-refractivity contribution in [2.45, 2.75) is 25.6 Å². The van der Waals surface area contributed by atoms with Gasteiger partial charge in [0.2, 0.25) is 0 Å². The lowest BCUT2D eigenvalue weighted by atomic mass is 10.3. The average Bonchev–Trinajstić information content (AvgIpc) is 2.49. The van der Waals surface area contributed by atoms with Crippen LogP contribution in [0, 0.1) is 0 Å². The molecule has 0 fully saturated rings. The minimum Gasteiger partial charge on any atom is -0.497 e. The van der Waals surface area contributed by atoms with Crippen molar-refractivity contribution in [1.29, 1.82) is 0 Å². The predicted octanol–water partition coefficient (Wildman–Crippen LogP) is 3.20. The lowest BCUT2D eigenvalue weighted by molar-refractivity contribution is -0.132. The van der Waals surface area contributed by atoms with Gasteiger partial charge in [-0.25, -0.2) is 0 Å². The molecule has 5 nitrogen and oxygen atoms in total. The molecule has 1 aromatic carbocycles. The van der Waals surface area contributed by atoms with Gasteiger partial charge in [-0.3, -0.25) is 4.99 Å². The van der Waals surface area contributed by atoms with Gasteiger partial charge in [0.05, 0.1) is 20.1 Å². The number of nitrogens with one attached hydrogen (secondary N) is 2. The largest absolute Gasteiger partial charge is 0.497 e. The van der Waals surface area contributed by atoms with Crippen molar-refractivity contribution in [3.05, 3.63) is 24.3 Å². The summed E-state index contributed by atoms with van der Waals surface area (Å²) in [5, 5.41) is 5.53. The summed E-state index contributed by atoms with van der Waals surface area (Å²) in [5.74, 6) is 1.64. The number of aliphatic imine (C=N–C) groups is 1. The Kier molecular flexibility index (Phi) is 10.6. The molecule has 1 atom stereocenters. The molecule has 2 N–H and O–H groups in total. The molecule has 0 bridgehead atoms. The summed E-state index contributed by atoms with van der Waals surface area (Å²) in [5.41, 5.74) is 0. The first-order valence-corrected chi connectivity index (χ1v) is 7.16. The molecule has 0 saturated heterocycles. The van der Waals surface area contributed by atoms with E-state index in [2.05, 4.69) is 15.6 Å². The molecule has 9 heteroatoms. The van der Waals surface area contributed by atoms with Gasteiger partial charge >= 0.3 is 6.18 Å². The van der Waals surface area contributed by atoms with Crippen molar-refractivity contribution >= 4 is 29.9 Å². The van der Waals surface area contributed by atoms with Crippen LogP contribution in [0.15, 0.2) is 29.3 Å². The van der Waals surface area contributed by atoms with Crippen LogP contribution in [-0.4, -0.2) is 45.5 Å². The molecule has 24 heavy (non-hydrogen) atoms. The van der Waals surface area contributed by atoms with Crippen molar-refractivity contribution in [2.75, 3.05) is 27.2 Å². The Hall–Kier alpha value is -1.39. The Morgan fingerprint density at radius 1 is 1.25 bits per heavy atom. The van der Waals surface area contributed by atoms with E-state index in [1.807, 2.05) is 19.1 Å². The van der Waals surface area contributed by atoms with Crippen molar-refractivity contribution < 1.29 is 22.6 Å². The molecule has 0 aromatic heterocycles. The fourth-order valence-electron chi connectivity index (χ4n) is 1.73. The summed E-state index contributed by atoms with van der Waals surface area (Å²) in [4.78, 5) is 3.87. The van der Waals surface area contributed by atoms with E-state index in [4.69, 9.17) is 9.47 Å². The second-order valence-corrected chi connectivity index (χ2v) is 4.85. The molecular formula is C15H23F3IN3O2. The number of hydrogen-bond donors (Lipinski definition) is 2. The maximum Gasteiger partial charge on any atom is 0.390 e. The highest BCUT2D eigenvalue weighted by Gasteiger charge is 2.26. The number of alkyl halides is 3. The van der Waals surface area contributed by atoms with Gasteiger partial charge in [0.1, 0.15) is 17.6 Å². The van der Waals surface area contributed by atoms with Gasteiger partial charge < -0.3 is 20.1 Å². The smallest absolute Gasteiger partial charge is 0.390 e. The van der Waals surface area contributed by atoms with Crippen LogP contribution in [0.25, 0.3) is 0 Å². The van der Waals surface area contributed by atoms with Crippen LogP contribution in [0.4, 0.5) is 13.2 Å². The molecule has 0 heterocycles. The molecule has 0 spiro atoms. The number of methoxy groups -OCH3 is 1.